The highest BCUT2D eigenvalue weighted by molar-refractivity contribution is 6.09. The van der Waals surface area contributed by atoms with Gasteiger partial charge in [-0.25, -0.2) is 9.78 Å². The summed E-state index contributed by atoms with van der Waals surface area (Å²) >= 11 is 0. The molecule has 3 heterocycles. The Hall–Kier alpha value is -3.45. The summed E-state index contributed by atoms with van der Waals surface area (Å²) < 4.78 is 10.6. The average Bonchev–Trinajstić information content (AvgIpc) is 3.11. The van der Waals surface area contributed by atoms with Gasteiger partial charge in [-0.15, -0.1) is 0 Å². The van der Waals surface area contributed by atoms with Gasteiger partial charge in [0, 0.05) is 29.7 Å². The van der Waals surface area contributed by atoms with Crippen LogP contribution in [0.25, 0.3) is 17.0 Å². The molecule has 1 aliphatic heterocycles. The number of morpholine rings is 1. The molecular weight excluding hydrogens is 406 g/mol. The highest BCUT2D eigenvalue weighted by atomic mass is 16.5. The number of carbonyl (C=O) groups excluding carboxylic acids is 2. The van der Waals surface area contributed by atoms with Gasteiger partial charge < -0.3 is 19.4 Å². The van der Waals surface area contributed by atoms with Gasteiger partial charge in [0.2, 0.25) is 5.78 Å². The molecule has 7 heteroatoms. The van der Waals surface area contributed by atoms with Crippen molar-refractivity contribution in [3.8, 4) is 0 Å². The van der Waals surface area contributed by atoms with Gasteiger partial charge in [0.1, 0.15) is 5.82 Å². The van der Waals surface area contributed by atoms with E-state index in [1.54, 1.807) is 26.8 Å². The molecule has 3 aromatic rings. The van der Waals surface area contributed by atoms with Crippen LogP contribution >= 0.6 is 0 Å². The molecule has 1 aromatic carbocycles. The van der Waals surface area contributed by atoms with E-state index >= 15 is 0 Å². The summed E-state index contributed by atoms with van der Waals surface area (Å²) in [5, 5.41) is 1.01. The Morgan fingerprint density at radius 3 is 2.72 bits per heavy atom. The Morgan fingerprint density at radius 1 is 1.22 bits per heavy atom. The summed E-state index contributed by atoms with van der Waals surface area (Å²) in [5.74, 6) is 0.208. The molecule has 0 saturated carbocycles. The van der Waals surface area contributed by atoms with Crippen LogP contribution in [0.15, 0.2) is 36.4 Å². The first-order valence-electron chi connectivity index (χ1n) is 10.8. The van der Waals surface area contributed by atoms with Crippen LogP contribution in [-0.2, 0) is 9.47 Å². The second-order valence-electron chi connectivity index (χ2n) is 7.74. The zero-order chi connectivity index (χ0) is 22.7. The SMILES string of the molecule is CCOC(=O)c1c(C)[nH]c(C(=O)/C=C/c2cc3ccccc3nc2N2CCOCC2)c1C. The van der Waals surface area contributed by atoms with E-state index in [0.717, 1.165) is 35.4 Å². The molecule has 0 atom stereocenters. The molecule has 32 heavy (non-hydrogen) atoms. The molecule has 1 N–H and O–H groups in total. The fourth-order valence-electron chi connectivity index (χ4n) is 4.03. The average molecular weight is 434 g/mol. The monoisotopic (exact) mass is 433 g/mol. The number of aromatic nitrogens is 2. The molecule has 0 radical (unpaired) electrons. The summed E-state index contributed by atoms with van der Waals surface area (Å²) in [7, 11) is 0. The molecule has 1 fully saturated rings. The van der Waals surface area contributed by atoms with Crippen molar-refractivity contribution in [3.05, 3.63) is 64.5 Å². The quantitative estimate of drug-likeness (QED) is 0.358. The number of benzene rings is 1. The number of carbonyl (C=O) groups is 2. The largest absolute Gasteiger partial charge is 0.462 e. The van der Waals surface area contributed by atoms with Gasteiger partial charge in [0.15, 0.2) is 0 Å². The van der Waals surface area contributed by atoms with E-state index in [1.165, 1.54) is 6.08 Å². The Labute approximate surface area is 187 Å². The number of ketones is 1. The van der Waals surface area contributed by atoms with Crippen molar-refractivity contribution < 1.29 is 19.1 Å². The number of nitrogens with one attached hydrogen (secondary N) is 1. The normalized spacial score (nSPS) is 14.3. The van der Waals surface area contributed by atoms with Crippen LogP contribution in [0.3, 0.4) is 0 Å². The van der Waals surface area contributed by atoms with E-state index in [0.29, 0.717) is 35.7 Å². The van der Waals surface area contributed by atoms with Crippen molar-refractivity contribution in [2.24, 2.45) is 0 Å². The zero-order valence-electron chi connectivity index (χ0n) is 18.6. The zero-order valence-corrected chi connectivity index (χ0v) is 18.6. The number of pyridine rings is 1. The lowest BCUT2D eigenvalue weighted by atomic mass is 10.1. The van der Waals surface area contributed by atoms with Gasteiger partial charge in [-0.3, -0.25) is 4.79 Å². The van der Waals surface area contributed by atoms with Gasteiger partial charge in [-0.1, -0.05) is 18.2 Å². The highest BCUT2D eigenvalue weighted by Gasteiger charge is 2.22. The molecule has 1 saturated heterocycles. The Kier molecular flexibility index (Phi) is 6.37. The predicted octanol–water partition coefficient (Wildman–Crippen LogP) is 4.09. The molecule has 7 nitrogen and oxygen atoms in total. The van der Waals surface area contributed by atoms with Crippen LogP contribution in [0.2, 0.25) is 0 Å². The summed E-state index contributed by atoms with van der Waals surface area (Å²) in [6.07, 6.45) is 3.33. The lowest BCUT2D eigenvalue weighted by Gasteiger charge is -2.29. The predicted molar refractivity (Wildman–Crippen MR) is 124 cm³/mol. The molecule has 0 bridgehead atoms. The number of ether oxygens (including phenoxy) is 2. The Bertz CT molecular complexity index is 1190. The van der Waals surface area contributed by atoms with E-state index in [1.807, 2.05) is 30.3 Å². The topological polar surface area (TPSA) is 84.5 Å². The standard InChI is InChI=1S/C25H27N3O4/c1-4-32-25(30)22-16(2)23(26-17(22)3)21(29)10-9-19-15-18-7-5-6-8-20(18)27-24(19)28-11-13-31-14-12-28/h5-10,15,26H,4,11-14H2,1-3H3/b10-9+. The fraction of sp³-hybridized carbons (Fsp3) is 0.320. The number of esters is 1. The van der Waals surface area contributed by atoms with E-state index < -0.39 is 5.97 Å². The second-order valence-corrected chi connectivity index (χ2v) is 7.74. The second kappa shape index (κ2) is 9.36. The number of allylic oxidation sites excluding steroid dienone is 1. The van der Waals surface area contributed by atoms with E-state index in [9.17, 15) is 9.59 Å². The number of aryl methyl sites for hydroxylation is 1. The van der Waals surface area contributed by atoms with Crippen LogP contribution in [0.5, 0.6) is 0 Å². The number of hydrogen-bond donors (Lipinski definition) is 1. The molecular formula is C25H27N3O4. The van der Waals surface area contributed by atoms with Gasteiger partial charge in [-0.2, -0.15) is 0 Å². The number of rotatable bonds is 6. The molecule has 0 amide bonds. The maximum absolute atomic E-state index is 13.0. The maximum atomic E-state index is 13.0. The van der Waals surface area contributed by atoms with Crippen LogP contribution in [0.4, 0.5) is 5.82 Å². The number of nitrogens with zero attached hydrogens (tertiary/aromatic N) is 2. The van der Waals surface area contributed by atoms with Crippen LogP contribution in [0.1, 0.15) is 44.6 Å². The van der Waals surface area contributed by atoms with Crippen molar-refractivity contribution in [2.75, 3.05) is 37.8 Å². The number of H-pyrrole nitrogens is 1. The summed E-state index contributed by atoms with van der Waals surface area (Å²) in [4.78, 5) is 35.4. The third kappa shape index (κ3) is 4.29. The summed E-state index contributed by atoms with van der Waals surface area (Å²) in [5.41, 5.74) is 3.81. The van der Waals surface area contributed by atoms with Gasteiger partial charge in [-0.05, 0) is 50.6 Å². The lowest BCUT2D eigenvalue weighted by Crippen LogP contribution is -2.37. The minimum Gasteiger partial charge on any atom is -0.462 e. The molecule has 1 aliphatic rings. The van der Waals surface area contributed by atoms with Crippen LogP contribution < -0.4 is 4.90 Å². The number of fused-ring (bicyclic) bond motifs is 1. The van der Waals surface area contributed by atoms with Crippen molar-refractivity contribution in [1.29, 1.82) is 0 Å². The van der Waals surface area contributed by atoms with Crippen molar-refractivity contribution in [2.45, 2.75) is 20.8 Å². The number of aromatic amines is 1. The molecule has 166 valence electrons. The van der Waals surface area contributed by atoms with Gasteiger partial charge in [0.25, 0.3) is 0 Å². The highest BCUT2D eigenvalue weighted by Crippen LogP contribution is 2.26. The van der Waals surface area contributed by atoms with Crippen LogP contribution in [-0.4, -0.2) is 54.6 Å². The third-order valence-electron chi connectivity index (χ3n) is 5.62. The first kappa shape index (κ1) is 21.8. The van der Waals surface area contributed by atoms with Gasteiger partial charge >= 0.3 is 5.97 Å². The fourth-order valence-corrected chi connectivity index (χ4v) is 4.03. The summed E-state index contributed by atoms with van der Waals surface area (Å²) in [6, 6.07) is 9.98. The molecule has 4 rings (SSSR count). The van der Waals surface area contributed by atoms with Gasteiger partial charge in [0.05, 0.1) is 36.6 Å². The number of anilines is 1. The minimum absolute atomic E-state index is 0.206. The molecule has 0 unspecified atom stereocenters. The Morgan fingerprint density at radius 2 is 1.97 bits per heavy atom. The number of para-hydroxylation sites is 1. The van der Waals surface area contributed by atoms with E-state index in [4.69, 9.17) is 14.5 Å². The van der Waals surface area contributed by atoms with Crippen molar-refractivity contribution in [3.63, 3.8) is 0 Å². The lowest BCUT2D eigenvalue weighted by molar-refractivity contribution is 0.0525. The first-order valence-corrected chi connectivity index (χ1v) is 10.8. The molecule has 0 aliphatic carbocycles. The van der Waals surface area contributed by atoms with E-state index in [-0.39, 0.29) is 12.4 Å². The third-order valence-corrected chi connectivity index (χ3v) is 5.62. The Balaban J connectivity index is 1.68. The maximum Gasteiger partial charge on any atom is 0.340 e. The summed E-state index contributed by atoms with van der Waals surface area (Å²) in [6.45, 7) is 8.36. The first-order chi connectivity index (χ1) is 15.5. The molecule has 2 aromatic heterocycles. The number of hydrogen-bond acceptors (Lipinski definition) is 6. The minimum atomic E-state index is -0.421. The van der Waals surface area contributed by atoms with E-state index in [2.05, 4.69) is 9.88 Å². The van der Waals surface area contributed by atoms with Crippen molar-refractivity contribution >= 4 is 34.5 Å². The van der Waals surface area contributed by atoms with Crippen molar-refractivity contribution in [1.82, 2.24) is 9.97 Å². The molecule has 0 spiro atoms. The smallest absolute Gasteiger partial charge is 0.340 e. The van der Waals surface area contributed by atoms with Crippen LogP contribution in [0, 0.1) is 13.8 Å².